The summed E-state index contributed by atoms with van der Waals surface area (Å²) in [6, 6.07) is 15.0. The number of carbonyl (C=O) groups excluding carboxylic acids is 1. The molecule has 3 rings (SSSR count). The van der Waals surface area contributed by atoms with Gasteiger partial charge in [0, 0.05) is 18.1 Å². The van der Waals surface area contributed by atoms with Crippen molar-refractivity contribution in [2.24, 2.45) is 0 Å². The fourth-order valence-corrected chi connectivity index (χ4v) is 3.03. The highest BCUT2D eigenvalue weighted by atomic mass is 35.5. The summed E-state index contributed by atoms with van der Waals surface area (Å²) in [6.45, 7) is 4.71. The van der Waals surface area contributed by atoms with Crippen LogP contribution in [0.4, 0.5) is 11.4 Å². The van der Waals surface area contributed by atoms with Crippen molar-refractivity contribution in [2.45, 2.75) is 6.92 Å². The van der Waals surface area contributed by atoms with Crippen molar-refractivity contribution >= 4 is 35.0 Å². The summed E-state index contributed by atoms with van der Waals surface area (Å²) in [6.07, 6.45) is 1.58. The topological polar surface area (TPSA) is 65.4 Å². The fourth-order valence-electron chi connectivity index (χ4n) is 2.86. The Bertz CT molecular complexity index is 895. The average molecular weight is 382 g/mol. The quantitative estimate of drug-likeness (QED) is 0.641. The number of aryl methyl sites for hydroxylation is 1. The average Bonchev–Trinajstić information content (AvgIpc) is 2.68. The highest BCUT2D eigenvalue weighted by Crippen LogP contribution is 2.30. The van der Waals surface area contributed by atoms with Crippen molar-refractivity contribution in [2.75, 3.05) is 36.5 Å². The number of hydrogen-bond donors (Lipinski definition) is 1. The lowest BCUT2D eigenvalue weighted by Gasteiger charge is -2.30. The number of nitrogens with zero attached hydrogens (tertiary/aromatic N) is 2. The molecule has 0 radical (unpaired) electrons. The van der Waals surface area contributed by atoms with Gasteiger partial charge in [0.1, 0.15) is 11.6 Å². The zero-order valence-electron chi connectivity index (χ0n) is 15.0. The molecule has 6 heteroatoms. The molecule has 1 aliphatic heterocycles. The molecule has 1 heterocycles. The summed E-state index contributed by atoms with van der Waals surface area (Å²) in [4.78, 5) is 14.8. The molecular weight excluding hydrogens is 362 g/mol. The Labute approximate surface area is 163 Å². The van der Waals surface area contributed by atoms with E-state index in [4.69, 9.17) is 16.3 Å². The first-order chi connectivity index (χ1) is 13.1. The van der Waals surface area contributed by atoms with Crippen LogP contribution in [-0.2, 0) is 9.53 Å². The Morgan fingerprint density at radius 2 is 1.93 bits per heavy atom. The van der Waals surface area contributed by atoms with E-state index in [1.165, 1.54) is 0 Å². The van der Waals surface area contributed by atoms with Crippen molar-refractivity contribution in [3.05, 3.63) is 64.2 Å². The van der Waals surface area contributed by atoms with Gasteiger partial charge < -0.3 is 15.0 Å². The Morgan fingerprint density at radius 1 is 1.22 bits per heavy atom. The third-order valence-electron chi connectivity index (χ3n) is 4.31. The van der Waals surface area contributed by atoms with E-state index in [9.17, 15) is 10.1 Å². The number of rotatable bonds is 4. The number of anilines is 2. The van der Waals surface area contributed by atoms with Crippen LogP contribution >= 0.6 is 11.6 Å². The number of carbonyl (C=O) groups is 1. The summed E-state index contributed by atoms with van der Waals surface area (Å²) in [7, 11) is 0. The van der Waals surface area contributed by atoms with Crippen molar-refractivity contribution in [3.63, 3.8) is 0 Å². The second kappa shape index (κ2) is 8.72. The van der Waals surface area contributed by atoms with Crippen molar-refractivity contribution in [3.8, 4) is 6.07 Å². The van der Waals surface area contributed by atoms with E-state index in [-0.39, 0.29) is 5.57 Å². The van der Waals surface area contributed by atoms with Crippen LogP contribution in [0.25, 0.3) is 6.08 Å². The monoisotopic (exact) mass is 381 g/mol. The van der Waals surface area contributed by atoms with Gasteiger partial charge in [0.2, 0.25) is 0 Å². The van der Waals surface area contributed by atoms with Crippen LogP contribution in [0.3, 0.4) is 0 Å². The minimum Gasteiger partial charge on any atom is -0.378 e. The van der Waals surface area contributed by atoms with E-state index < -0.39 is 5.91 Å². The maximum absolute atomic E-state index is 12.7. The molecule has 138 valence electrons. The second-order valence-electron chi connectivity index (χ2n) is 6.30. The molecule has 27 heavy (non-hydrogen) atoms. The van der Waals surface area contributed by atoms with Crippen LogP contribution in [0, 0.1) is 18.3 Å². The SMILES string of the molecule is Cc1ccc(/C=C(\C#N)C(=O)Nc2cc(Cl)ccc2N2CCOCC2)cc1. The number of morpholine rings is 1. The summed E-state index contributed by atoms with van der Waals surface area (Å²) in [5, 5.41) is 12.8. The smallest absolute Gasteiger partial charge is 0.266 e. The van der Waals surface area contributed by atoms with Gasteiger partial charge in [0.05, 0.1) is 24.6 Å². The van der Waals surface area contributed by atoms with E-state index in [1.807, 2.05) is 43.3 Å². The van der Waals surface area contributed by atoms with E-state index in [0.717, 1.165) is 29.9 Å². The lowest BCUT2D eigenvalue weighted by molar-refractivity contribution is -0.112. The molecule has 1 saturated heterocycles. The second-order valence-corrected chi connectivity index (χ2v) is 6.73. The van der Waals surface area contributed by atoms with Gasteiger partial charge in [-0.1, -0.05) is 41.4 Å². The largest absolute Gasteiger partial charge is 0.378 e. The van der Waals surface area contributed by atoms with Gasteiger partial charge in [-0.3, -0.25) is 4.79 Å². The van der Waals surface area contributed by atoms with Crippen LogP contribution in [0.5, 0.6) is 0 Å². The third kappa shape index (κ3) is 4.88. The maximum atomic E-state index is 12.7. The first-order valence-electron chi connectivity index (χ1n) is 8.69. The molecule has 0 saturated carbocycles. The highest BCUT2D eigenvalue weighted by Gasteiger charge is 2.18. The van der Waals surface area contributed by atoms with Crippen molar-refractivity contribution in [1.82, 2.24) is 0 Å². The first kappa shape index (κ1) is 19.0. The van der Waals surface area contributed by atoms with Gasteiger partial charge in [-0.05, 0) is 36.8 Å². The molecule has 1 amide bonds. The van der Waals surface area contributed by atoms with Crippen LogP contribution in [0.2, 0.25) is 5.02 Å². The summed E-state index contributed by atoms with van der Waals surface area (Å²) in [5.74, 6) is -0.463. The van der Waals surface area contributed by atoms with E-state index in [2.05, 4.69) is 10.2 Å². The molecule has 2 aromatic carbocycles. The molecule has 0 atom stereocenters. The number of amides is 1. The van der Waals surface area contributed by atoms with Gasteiger partial charge >= 0.3 is 0 Å². The van der Waals surface area contributed by atoms with Gasteiger partial charge in [-0.15, -0.1) is 0 Å². The third-order valence-corrected chi connectivity index (χ3v) is 4.55. The van der Waals surface area contributed by atoms with Crippen LogP contribution in [-0.4, -0.2) is 32.2 Å². The molecule has 0 aliphatic carbocycles. The molecule has 0 bridgehead atoms. The standard InChI is InChI=1S/C21H20ClN3O2/c1-15-2-4-16(5-3-15)12-17(14-23)21(26)24-19-13-18(22)6-7-20(19)25-8-10-27-11-9-25/h2-7,12-13H,8-11H2,1H3,(H,24,26)/b17-12+. The number of hydrogen-bond acceptors (Lipinski definition) is 4. The minimum absolute atomic E-state index is 0.0340. The maximum Gasteiger partial charge on any atom is 0.266 e. The Hall–Kier alpha value is -2.81. The summed E-state index contributed by atoms with van der Waals surface area (Å²) < 4.78 is 5.39. The Morgan fingerprint density at radius 3 is 2.59 bits per heavy atom. The van der Waals surface area contributed by atoms with Gasteiger partial charge in [0.15, 0.2) is 0 Å². The zero-order valence-corrected chi connectivity index (χ0v) is 15.8. The van der Waals surface area contributed by atoms with Crippen LogP contribution in [0.15, 0.2) is 48.0 Å². The predicted molar refractivity (Wildman–Crippen MR) is 108 cm³/mol. The predicted octanol–water partition coefficient (Wildman–Crippen LogP) is 4.03. The highest BCUT2D eigenvalue weighted by molar-refractivity contribution is 6.31. The van der Waals surface area contributed by atoms with E-state index in [0.29, 0.717) is 23.9 Å². The molecule has 1 fully saturated rings. The van der Waals surface area contributed by atoms with Crippen LogP contribution in [0.1, 0.15) is 11.1 Å². The normalized spacial score (nSPS) is 14.6. The molecular formula is C21H20ClN3O2. The number of benzene rings is 2. The van der Waals surface area contributed by atoms with Gasteiger partial charge in [-0.2, -0.15) is 5.26 Å². The number of ether oxygens (including phenoxy) is 1. The zero-order chi connectivity index (χ0) is 19.2. The van der Waals surface area contributed by atoms with Crippen LogP contribution < -0.4 is 10.2 Å². The molecule has 0 aromatic heterocycles. The molecule has 0 spiro atoms. The minimum atomic E-state index is -0.463. The molecule has 1 N–H and O–H groups in total. The first-order valence-corrected chi connectivity index (χ1v) is 9.06. The molecule has 5 nitrogen and oxygen atoms in total. The summed E-state index contributed by atoms with van der Waals surface area (Å²) >= 11 is 6.12. The Kier molecular flexibility index (Phi) is 6.12. The van der Waals surface area contributed by atoms with Gasteiger partial charge in [0.25, 0.3) is 5.91 Å². The lowest BCUT2D eigenvalue weighted by Crippen LogP contribution is -2.36. The molecule has 1 aliphatic rings. The number of nitriles is 1. The van der Waals surface area contributed by atoms with Gasteiger partial charge in [-0.25, -0.2) is 0 Å². The van der Waals surface area contributed by atoms with E-state index in [1.54, 1.807) is 18.2 Å². The molecule has 0 unspecified atom stereocenters. The Balaban J connectivity index is 1.84. The van der Waals surface area contributed by atoms with Crippen molar-refractivity contribution < 1.29 is 9.53 Å². The number of halogens is 1. The number of nitrogens with one attached hydrogen (secondary N) is 1. The van der Waals surface area contributed by atoms with Crippen molar-refractivity contribution in [1.29, 1.82) is 5.26 Å². The van der Waals surface area contributed by atoms with E-state index >= 15 is 0 Å². The molecule has 2 aromatic rings. The fraction of sp³-hybridized carbons (Fsp3) is 0.238. The lowest BCUT2D eigenvalue weighted by atomic mass is 10.1. The summed E-state index contributed by atoms with van der Waals surface area (Å²) in [5.41, 5.74) is 3.39.